The Morgan fingerprint density at radius 1 is 1.46 bits per heavy atom. The number of methoxy groups -OCH3 is 1. The zero-order valence-electron chi connectivity index (χ0n) is 7.66. The van der Waals surface area contributed by atoms with E-state index in [1.54, 1.807) is 19.5 Å². The van der Waals surface area contributed by atoms with Gasteiger partial charge >= 0.3 is 0 Å². The first-order valence-corrected chi connectivity index (χ1v) is 4.34. The van der Waals surface area contributed by atoms with Crippen molar-refractivity contribution in [1.82, 2.24) is 15.3 Å². The summed E-state index contributed by atoms with van der Waals surface area (Å²) in [6, 6.07) is 1.83. The number of hydrogen-bond donors (Lipinski definition) is 1. The summed E-state index contributed by atoms with van der Waals surface area (Å²) >= 11 is 0. The lowest BCUT2D eigenvalue weighted by Gasteiger charge is -2.40. The maximum absolute atomic E-state index is 5.18. The van der Waals surface area contributed by atoms with E-state index in [1.807, 2.05) is 6.07 Å². The fourth-order valence-electron chi connectivity index (χ4n) is 1.60. The summed E-state index contributed by atoms with van der Waals surface area (Å²) in [6.07, 6.45) is 3.55. The summed E-state index contributed by atoms with van der Waals surface area (Å²) in [7, 11) is 1.71. The van der Waals surface area contributed by atoms with Crippen molar-refractivity contribution in [2.24, 2.45) is 0 Å². The monoisotopic (exact) mass is 179 g/mol. The smallest absolute Gasteiger partial charge is 0.139 e. The molecule has 70 valence electrons. The molecule has 1 aromatic heterocycles. The molecule has 4 nitrogen and oxygen atoms in total. The third kappa shape index (κ3) is 1.43. The van der Waals surface area contributed by atoms with Crippen LogP contribution in [0.25, 0.3) is 0 Å². The lowest BCUT2D eigenvalue weighted by Crippen LogP contribution is -2.60. The SMILES string of the molecule is COCC1(c2ncccn2)CNC1. The highest BCUT2D eigenvalue weighted by molar-refractivity contribution is 5.15. The number of nitrogens with zero attached hydrogens (tertiary/aromatic N) is 2. The Balaban J connectivity index is 2.22. The van der Waals surface area contributed by atoms with E-state index in [0.29, 0.717) is 6.61 Å². The second-order valence-electron chi connectivity index (χ2n) is 3.39. The summed E-state index contributed by atoms with van der Waals surface area (Å²) < 4.78 is 5.18. The van der Waals surface area contributed by atoms with E-state index in [9.17, 15) is 0 Å². The van der Waals surface area contributed by atoms with Crippen LogP contribution in [0.4, 0.5) is 0 Å². The molecule has 1 aliphatic heterocycles. The van der Waals surface area contributed by atoms with Gasteiger partial charge in [-0.05, 0) is 6.07 Å². The molecule has 0 spiro atoms. The minimum absolute atomic E-state index is 0.00993. The van der Waals surface area contributed by atoms with E-state index < -0.39 is 0 Å². The Morgan fingerprint density at radius 2 is 2.15 bits per heavy atom. The Morgan fingerprint density at radius 3 is 2.62 bits per heavy atom. The minimum atomic E-state index is 0.00993. The molecule has 0 amide bonds. The molecule has 2 heterocycles. The van der Waals surface area contributed by atoms with Gasteiger partial charge in [-0.15, -0.1) is 0 Å². The highest BCUT2D eigenvalue weighted by Crippen LogP contribution is 2.25. The van der Waals surface area contributed by atoms with Gasteiger partial charge in [0.05, 0.1) is 12.0 Å². The number of nitrogens with one attached hydrogen (secondary N) is 1. The van der Waals surface area contributed by atoms with Crippen molar-refractivity contribution < 1.29 is 4.74 Å². The van der Waals surface area contributed by atoms with Gasteiger partial charge in [-0.2, -0.15) is 0 Å². The highest BCUT2D eigenvalue weighted by Gasteiger charge is 2.41. The topological polar surface area (TPSA) is 47.0 Å². The molecule has 13 heavy (non-hydrogen) atoms. The summed E-state index contributed by atoms with van der Waals surface area (Å²) in [6.45, 7) is 2.50. The normalized spacial score (nSPS) is 19.5. The molecule has 1 aromatic rings. The number of hydrogen-bond acceptors (Lipinski definition) is 4. The van der Waals surface area contributed by atoms with Gasteiger partial charge in [-0.3, -0.25) is 0 Å². The molecule has 2 rings (SSSR count). The van der Waals surface area contributed by atoms with Crippen LogP contribution in [-0.4, -0.2) is 36.8 Å². The molecule has 1 saturated heterocycles. The maximum Gasteiger partial charge on any atom is 0.139 e. The van der Waals surface area contributed by atoms with Crippen LogP contribution in [0.15, 0.2) is 18.5 Å². The third-order valence-corrected chi connectivity index (χ3v) is 2.39. The first kappa shape index (κ1) is 8.59. The van der Waals surface area contributed by atoms with Gasteiger partial charge in [0.15, 0.2) is 0 Å². The number of ether oxygens (including phenoxy) is 1. The van der Waals surface area contributed by atoms with Crippen molar-refractivity contribution >= 4 is 0 Å². The molecule has 0 aliphatic carbocycles. The predicted octanol–water partition coefficient (Wildman–Crippen LogP) is -0.0360. The van der Waals surface area contributed by atoms with Crippen LogP contribution in [0.5, 0.6) is 0 Å². The first-order chi connectivity index (χ1) is 6.37. The fraction of sp³-hybridized carbons (Fsp3) is 0.556. The van der Waals surface area contributed by atoms with E-state index in [-0.39, 0.29) is 5.41 Å². The van der Waals surface area contributed by atoms with Gasteiger partial charge in [0.1, 0.15) is 5.82 Å². The molecule has 0 atom stereocenters. The van der Waals surface area contributed by atoms with Crippen LogP contribution in [0.3, 0.4) is 0 Å². The van der Waals surface area contributed by atoms with Crippen molar-refractivity contribution in [3.05, 3.63) is 24.3 Å². The van der Waals surface area contributed by atoms with Crippen LogP contribution < -0.4 is 5.32 Å². The van der Waals surface area contributed by atoms with E-state index >= 15 is 0 Å². The number of aromatic nitrogens is 2. The van der Waals surface area contributed by atoms with Gasteiger partial charge < -0.3 is 10.1 Å². The highest BCUT2D eigenvalue weighted by atomic mass is 16.5. The third-order valence-electron chi connectivity index (χ3n) is 2.39. The van der Waals surface area contributed by atoms with Crippen LogP contribution in [0.1, 0.15) is 5.82 Å². The van der Waals surface area contributed by atoms with E-state index in [2.05, 4.69) is 15.3 Å². The lowest BCUT2D eigenvalue weighted by molar-refractivity contribution is 0.0890. The molecule has 0 unspecified atom stereocenters. The van der Waals surface area contributed by atoms with Crippen LogP contribution in [0.2, 0.25) is 0 Å². The summed E-state index contributed by atoms with van der Waals surface area (Å²) in [5.41, 5.74) is 0.00993. The molecule has 0 bridgehead atoms. The molecule has 4 heteroatoms. The minimum Gasteiger partial charge on any atom is -0.384 e. The molecule has 1 N–H and O–H groups in total. The first-order valence-electron chi connectivity index (χ1n) is 4.34. The zero-order chi connectivity index (χ0) is 9.15. The molecule has 1 fully saturated rings. The van der Waals surface area contributed by atoms with Crippen LogP contribution in [-0.2, 0) is 10.2 Å². The zero-order valence-corrected chi connectivity index (χ0v) is 7.66. The van der Waals surface area contributed by atoms with Gasteiger partial charge in [0.2, 0.25) is 0 Å². The Bertz CT molecular complexity index is 271. The van der Waals surface area contributed by atoms with Crippen molar-refractivity contribution in [3.63, 3.8) is 0 Å². The average Bonchev–Trinajstić information content (AvgIpc) is 2.13. The quantitative estimate of drug-likeness (QED) is 0.707. The van der Waals surface area contributed by atoms with Gasteiger partial charge in [0.25, 0.3) is 0 Å². The van der Waals surface area contributed by atoms with Crippen molar-refractivity contribution in [2.45, 2.75) is 5.41 Å². The van der Waals surface area contributed by atoms with Gasteiger partial charge in [-0.1, -0.05) is 0 Å². The van der Waals surface area contributed by atoms with Crippen molar-refractivity contribution in [3.8, 4) is 0 Å². The molecular weight excluding hydrogens is 166 g/mol. The molecule has 0 aromatic carbocycles. The Kier molecular flexibility index (Phi) is 2.24. The predicted molar refractivity (Wildman–Crippen MR) is 48.5 cm³/mol. The molecular formula is C9H13N3O. The van der Waals surface area contributed by atoms with E-state index in [0.717, 1.165) is 18.9 Å². The standard InChI is InChI=1S/C9H13N3O/c1-13-7-9(5-10-6-9)8-11-3-2-4-12-8/h2-4,10H,5-7H2,1H3. The van der Waals surface area contributed by atoms with E-state index in [1.165, 1.54) is 0 Å². The molecule has 1 aliphatic rings. The van der Waals surface area contributed by atoms with Crippen LogP contribution in [0, 0.1) is 0 Å². The second-order valence-corrected chi connectivity index (χ2v) is 3.39. The van der Waals surface area contributed by atoms with Gasteiger partial charge in [-0.25, -0.2) is 9.97 Å². The lowest BCUT2D eigenvalue weighted by atomic mass is 9.81. The van der Waals surface area contributed by atoms with E-state index in [4.69, 9.17) is 4.74 Å². The van der Waals surface area contributed by atoms with Crippen molar-refractivity contribution in [1.29, 1.82) is 0 Å². The summed E-state index contributed by atoms with van der Waals surface area (Å²) in [5.74, 6) is 0.885. The Labute approximate surface area is 77.4 Å². The van der Waals surface area contributed by atoms with Crippen molar-refractivity contribution in [2.75, 3.05) is 26.8 Å². The van der Waals surface area contributed by atoms with Crippen LogP contribution >= 0.6 is 0 Å². The van der Waals surface area contributed by atoms with Gasteiger partial charge in [0, 0.05) is 32.6 Å². The average molecular weight is 179 g/mol. The Hall–Kier alpha value is -1.00. The summed E-state index contributed by atoms with van der Waals surface area (Å²) in [4.78, 5) is 8.52. The largest absolute Gasteiger partial charge is 0.384 e. The molecule has 0 radical (unpaired) electrons. The second kappa shape index (κ2) is 3.40. The number of rotatable bonds is 3. The fourth-order valence-corrected chi connectivity index (χ4v) is 1.60. The molecule has 0 saturated carbocycles. The maximum atomic E-state index is 5.18. The summed E-state index contributed by atoms with van der Waals surface area (Å²) in [5, 5.41) is 3.23.